The van der Waals surface area contributed by atoms with E-state index >= 15 is 4.39 Å². The van der Waals surface area contributed by atoms with Crippen molar-refractivity contribution in [2.45, 2.75) is 32.4 Å². The Morgan fingerprint density at radius 3 is 2.55 bits per heavy atom. The Kier molecular flexibility index (Phi) is 7.03. The van der Waals surface area contributed by atoms with Crippen molar-refractivity contribution in [2.24, 2.45) is 0 Å². The van der Waals surface area contributed by atoms with Gasteiger partial charge in [0.1, 0.15) is 18.2 Å². The second-order valence-corrected chi connectivity index (χ2v) is 14.2. The van der Waals surface area contributed by atoms with Crippen molar-refractivity contribution in [3.63, 3.8) is 0 Å². The molecule has 0 radical (unpaired) electrons. The Morgan fingerprint density at radius 2 is 1.91 bits per heavy atom. The zero-order valence-electron chi connectivity index (χ0n) is 18.8. The first-order valence-corrected chi connectivity index (χ1v) is 13.9. The first-order valence-electron chi connectivity index (χ1n) is 10.2. The molecule has 174 valence electrons. The number of rotatable bonds is 8. The molecule has 0 amide bonds. The van der Waals surface area contributed by atoms with Crippen molar-refractivity contribution < 1.29 is 23.6 Å². The summed E-state index contributed by atoms with van der Waals surface area (Å²) in [5.41, 5.74) is -1.94. The minimum atomic E-state index is -1.39. The van der Waals surface area contributed by atoms with Crippen molar-refractivity contribution in [1.82, 2.24) is 9.55 Å². The third-order valence-corrected chi connectivity index (χ3v) is 6.73. The van der Waals surface area contributed by atoms with Gasteiger partial charge in [0.15, 0.2) is 5.52 Å². The fourth-order valence-electron chi connectivity index (χ4n) is 3.22. The number of nitro groups is 1. The third kappa shape index (κ3) is 5.15. The van der Waals surface area contributed by atoms with Crippen molar-refractivity contribution in [1.29, 1.82) is 0 Å². The van der Waals surface area contributed by atoms with Crippen molar-refractivity contribution in [2.75, 3.05) is 13.7 Å². The lowest BCUT2D eigenvalue weighted by molar-refractivity contribution is -0.383. The molecule has 0 aliphatic rings. The van der Waals surface area contributed by atoms with Gasteiger partial charge in [0.05, 0.1) is 23.1 Å². The number of benzene rings is 2. The molecule has 1 aromatic heterocycles. The van der Waals surface area contributed by atoms with Gasteiger partial charge in [-0.1, -0.05) is 31.8 Å². The topological polar surface area (TPSA) is 114 Å². The first kappa shape index (κ1) is 24.2. The molecule has 33 heavy (non-hydrogen) atoms. The van der Waals surface area contributed by atoms with E-state index in [4.69, 9.17) is 4.74 Å². The molecule has 3 aromatic rings. The maximum absolute atomic E-state index is 15.2. The van der Waals surface area contributed by atoms with E-state index in [1.54, 1.807) is 0 Å². The Balaban J connectivity index is 2.22. The molecule has 0 fully saturated rings. The number of aromatic nitrogens is 2. The molecule has 0 saturated carbocycles. The van der Waals surface area contributed by atoms with Crippen LogP contribution in [0.15, 0.2) is 41.2 Å². The number of nitro benzene ring substituents is 1. The monoisotopic (exact) mass is 473 g/mol. The Hall–Kier alpha value is -3.44. The van der Waals surface area contributed by atoms with E-state index < -0.39 is 30.3 Å². The quantitative estimate of drug-likeness (QED) is 0.158. The lowest BCUT2D eigenvalue weighted by Crippen LogP contribution is -2.27. The van der Waals surface area contributed by atoms with Crippen LogP contribution in [0.25, 0.3) is 22.3 Å². The summed E-state index contributed by atoms with van der Waals surface area (Å²) in [7, 11) is -0.278. The molecular formula is C22H24FN3O6Si. The van der Waals surface area contributed by atoms with Crippen LogP contribution in [0.2, 0.25) is 25.7 Å². The Bertz CT molecular complexity index is 1290. The first-order chi connectivity index (χ1) is 15.5. The van der Waals surface area contributed by atoms with Gasteiger partial charge in [-0.25, -0.2) is 14.2 Å². The van der Waals surface area contributed by atoms with E-state index in [2.05, 4.69) is 29.4 Å². The largest absolute Gasteiger partial charge is 0.465 e. The molecule has 11 heteroatoms. The van der Waals surface area contributed by atoms with E-state index in [-0.39, 0.29) is 40.3 Å². The second kappa shape index (κ2) is 9.59. The normalized spacial score (nSPS) is 11.5. The number of hydrogen-bond donors (Lipinski definition) is 0. The summed E-state index contributed by atoms with van der Waals surface area (Å²) in [5.74, 6) is -1.92. The number of fused-ring (bicyclic) bond motifs is 1. The number of esters is 1. The maximum Gasteiger partial charge on any atom is 0.340 e. The number of methoxy groups -OCH3 is 1. The number of carbonyl (C=O) groups is 1. The lowest BCUT2D eigenvalue weighted by Gasteiger charge is -2.17. The molecule has 1 heterocycles. The van der Waals surface area contributed by atoms with Gasteiger partial charge in [0.2, 0.25) is 0 Å². The molecular weight excluding hydrogens is 449 g/mol. The van der Waals surface area contributed by atoms with Crippen LogP contribution in [0.1, 0.15) is 10.4 Å². The molecule has 0 unspecified atom stereocenters. The molecule has 2 aromatic carbocycles. The van der Waals surface area contributed by atoms with Gasteiger partial charge in [0, 0.05) is 26.3 Å². The van der Waals surface area contributed by atoms with Gasteiger partial charge in [0.25, 0.3) is 11.2 Å². The number of ether oxygens (including phenoxy) is 2. The molecule has 0 aliphatic heterocycles. The second-order valence-electron chi connectivity index (χ2n) is 8.60. The fourth-order valence-corrected chi connectivity index (χ4v) is 3.97. The highest BCUT2D eigenvalue weighted by molar-refractivity contribution is 6.76. The summed E-state index contributed by atoms with van der Waals surface area (Å²) >= 11 is 0. The minimum absolute atomic E-state index is 0.0891. The van der Waals surface area contributed by atoms with Crippen LogP contribution in [0.5, 0.6) is 0 Å². The number of para-hydroxylation sites is 1. The number of non-ortho nitro benzene ring substituents is 1. The van der Waals surface area contributed by atoms with E-state index in [0.717, 1.165) is 13.2 Å². The molecule has 9 nitrogen and oxygen atoms in total. The van der Waals surface area contributed by atoms with E-state index in [0.29, 0.717) is 6.61 Å². The molecule has 3 rings (SSSR count). The Morgan fingerprint density at radius 1 is 1.21 bits per heavy atom. The minimum Gasteiger partial charge on any atom is -0.465 e. The van der Waals surface area contributed by atoms with Crippen LogP contribution in [-0.2, 0) is 16.2 Å². The highest BCUT2D eigenvalue weighted by Gasteiger charge is 2.24. The van der Waals surface area contributed by atoms with Gasteiger partial charge < -0.3 is 9.47 Å². The van der Waals surface area contributed by atoms with Gasteiger partial charge in [-0.15, -0.1) is 0 Å². The predicted octanol–water partition coefficient (Wildman–Crippen LogP) is 4.21. The number of carbonyl (C=O) groups excluding carboxylic acids is 1. The van der Waals surface area contributed by atoms with Crippen LogP contribution < -0.4 is 5.56 Å². The van der Waals surface area contributed by atoms with Gasteiger partial charge >= 0.3 is 5.97 Å². The van der Waals surface area contributed by atoms with Crippen LogP contribution >= 0.6 is 0 Å². The van der Waals surface area contributed by atoms with Crippen LogP contribution in [0.3, 0.4) is 0 Å². The highest BCUT2D eigenvalue weighted by Crippen LogP contribution is 2.27. The average molecular weight is 474 g/mol. The van der Waals surface area contributed by atoms with Crippen molar-refractivity contribution >= 4 is 30.8 Å². The van der Waals surface area contributed by atoms with Crippen molar-refractivity contribution in [3.05, 3.63) is 68.2 Å². The smallest absolute Gasteiger partial charge is 0.340 e. The van der Waals surface area contributed by atoms with Gasteiger partial charge in [-0.05, 0) is 24.2 Å². The predicted molar refractivity (Wildman–Crippen MR) is 123 cm³/mol. The fraction of sp³-hybridized carbons (Fsp3) is 0.318. The number of halogens is 1. The number of hydrogen-bond acceptors (Lipinski definition) is 7. The molecule has 0 spiro atoms. The molecule has 0 bridgehead atoms. The van der Waals surface area contributed by atoms with Gasteiger partial charge in [-0.2, -0.15) is 0 Å². The summed E-state index contributed by atoms with van der Waals surface area (Å²) < 4.78 is 26.7. The summed E-state index contributed by atoms with van der Waals surface area (Å²) in [6, 6.07) is 8.94. The summed E-state index contributed by atoms with van der Waals surface area (Å²) in [5, 5.41) is 11.6. The molecule has 0 saturated heterocycles. The van der Waals surface area contributed by atoms with E-state index in [9.17, 15) is 19.7 Å². The zero-order chi connectivity index (χ0) is 24.3. The average Bonchev–Trinajstić information content (AvgIpc) is 2.76. The zero-order valence-corrected chi connectivity index (χ0v) is 19.8. The van der Waals surface area contributed by atoms with Gasteiger partial charge in [-0.3, -0.25) is 19.5 Å². The van der Waals surface area contributed by atoms with Crippen LogP contribution in [0, 0.1) is 15.9 Å². The Labute approximate surface area is 189 Å². The summed E-state index contributed by atoms with van der Waals surface area (Å²) in [6.45, 7) is 6.77. The van der Waals surface area contributed by atoms with Crippen LogP contribution in [0.4, 0.5) is 10.1 Å². The van der Waals surface area contributed by atoms with Crippen molar-refractivity contribution in [3.8, 4) is 11.3 Å². The molecule has 0 atom stereocenters. The molecule has 0 N–H and O–H groups in total. The summed E-state index contributed by atoms with van der Waals surface area (Å²) in [6.07, 6.45) is 0. The van der Waals surface area contributed by atoms with E-state index in [1.807, 2.05) is 0 Å². The maximum atomic E-state index is 15.2. The number of nitrogens with zero attached hydrogens (tertiary/aromatic N) is 3. The third-order valence-electron chi connectivity index (χ3n) is 5.03. The van der Waals surface area contributed by atoms with Crippen LogP contribution in [-0.4, -0.2) is 42.2 Å². The SMILES string of the molecule is COC(=O)c1cccc(-c2nc3c([N+](=O)[O-])cccc3n(COCC[Si](C)(C)C)c2=O)c1F. The standard InChI is InChI=1S/C22H24FN3O6Si/c1-31-22(28)15-8-5-7-14(18(15)23)19-21(27)25(13-32-11-12-33(2,3)4)16-9-6-10-17(26(29)30)20(16)24-19/h5-10H,11-13H2,1-4H3. The highest BCUT2D eigenvalue weighted by atomic mass is 28.3. The summed E-state index contributed by atoms with van der Waals surface area (Å²) in [4.78, 5) is 40.4. The van der Waals surface area contributed by atoms with E-state index in [1.165, 1.54) is 41.0 Å². The molecule has 0 aliphatic carbocycles. The lowest BCUT2D eigenvalue weighted by atomic mass is 10.1.